The van der Waals surface area contributed by atoms with E-state index in [0.29, 0.717) is 0 Å². The quantitative estimate of drug-likeness (QED) is 0.260. The number of methoxy groups -OCH3 is 1. The summed E-state index contributed by atoms with van der Waals surface area (Å²) < 4.78 is 10.3. The van der Waals surface area contributed by atoms with Crippen LogP contribution in [0.2, 0.25) is 0 Å². The summed E-state index contributed by atoms with van der Waals surface area (Å²) in [5.74, 6) is -0.623. The molecule has 7 N–H and O–H groups in total. The Kier molecular flexibility index (Phi) is 7.26. The Labute approximate surface area is 143 Å². The van der Waals surface area contributed by atoms with Crippen LogP contribution in [0.1, 0.15) is 6.42 Å². The van der Waals surface area contributed by atoms with Crippen molar-refractivity contribution in [1.29, 1.82) is 0 Å². The van der Waals surface area contributed by atoms with Gasteiger partial charge in [0, 0.05) is 24.9 Å². The molecule has 10 atom stereocenters. The lowest BCUT2D eigenvalue weighted by atomic mass is 9.83. The van der Waals surface area contributed by atoms with Gasteiger partial charge in [0.1, 0.15) is 18.3 Å². The highest BCUT2D eigenvalue weighted by atomic mass is 32.2. The second kappa shape index (κ2) is 8.58. The van der Waals surface area contributed by atoms with Crippen LogP contribution in [0.4, 0.5) is 0 Å². The van der Waals surface area contributed by atoms with Gasteiger partial charge in [-0.05, 0) is 6.42 Å². The molecule has 0 aromatic carbocycles. The second-order valence-electron chi connectivity index (χ2n) is 6.23. The molecule has 0 aromatic heterocycles. The first kappa shape index (κ1) is 20.3. The summed E-state index contributed by atoms with van der Waals surface area (Å²) in [6.07, 6.45) is -8.22. The van der Waals surface area contributed by atoms with E-state index in [1.54, 1.807) is 0 Å². The number of rotatable bonds is 5. The highest BCUT2D eigenvalue weighted by molar-refractivity contribution is 8.00. The molecule has 1 heterocycles. The van der Waals surface area contributed by atoms with E-state index in [1.807, 2.05) is 0 Å². The summed E-state index contributed by atoms with van der Waals surface area (Å²) in [7, 11) is 1.32. The van der Waals surface area contributed by atoms with Crippen molar-refractivity contribution in [1.82, 2.24) is 0 Å². The van der Waals surface area contributed by atoms with Gasteiger partial charge in [-0.2, -0.15) is 0 Å². The minimum atomic E-state index is -1.44. The number of hydrogen-bond acceptors (Lipinski definition) is 10. The maximum Gasteiger partial charge on any atom is 0.184 e. The Morgan fingerprint density at radius 3 is 2.12 bits per heavy atom. The van der Waals surface area contributed by atoms with Crippen LogP contribution >= 0.6 is 11.8 Å². The van der Waals surface area contributed by atoms with Crippen LogP contribution in [0.25, 0.3) is 0 Å². The molecule has 0 aromatic rings. The molecule has 2 rings (SSSR count). The van der Waals surface area contributed by atoms with E-state index in [9.17, 15) is 35.7 Å². The van der Waals surface area contributed by atoms with E-state index in [0.717, 1.165) is 11.8 Å². The number of hydrogen-bond donors (Lipinski definition) is 7. The fourth-order valence-electron chi connectivity index (χ4n) is 3.21. The van der Waals surface area contributed by atoms with Crippen LogP contribution < -0.4 is 0 Å². The van der Waals surface area contributed by atoms with E-state index in [1.165, 1.54) is 7.11 Å². The lowest BCUT2D eigenvalue weighted by Gasteiger charge is -2.45. The fraction of sp³-hybridized carbons (Fsp3) is 1.00. The smallest absolute Gasteiger partial charge is 0.184 e. The molecule has 24 heavy (non-hydrogen) atoms. The van der Waals surface area contributed by atoms with Crippen molar-refractivity contribution in [2.75, 3.05) is 20.3 Å². The van der Waals surface area contributed by atoms with Gasteiger partial charge >= 0.3 is 0 Å². The number of aliphatic hydroxyl groups is 7. The standard InChI is InChI=1S/C14H26O9S/c1-22-14-12(21)13(9(18)6(4-16)23-14)24-7-2-5(3-15)8(17)11(20)10(7)19/h5-21H,2-4H2,1H3/t5-,6-,7+,8-,9-,10+,11+,12+,13+,14+/m1/s1. The predicted octanol–water partition coefficient (Wildman–Crippen LogP) is -3.36. The van der Waals surface area contributed by atoms with Gasteiger partial charge in [-0.15, -0.1) is 11.8 Å². The zero-order valence-electron chi connectivity index (χ0n) is 13.3. The molecule has 0 bridgehead atoms. The molecule has 1 aliphatic heterocycles. The Morgan fingerprint density at radius 2 is 1.58 bits per heavy atom. The van der Waals surface area contributed by atoms with Crippen molar-refractivity contribution < 1.29 is 45.2 Å². The predicted molar refractivity (Wildman–Crippen MR) is 83.1 cm³/mol. The molecule has 0 radical (unpaired) electrons. The van der Waals surface area contributed by atoms with Crippen molar-refractivity contribution in [3.63, 3.8) is 0 Å². The highest BCUT2D eigenvalue weighted by Gasteiger charge is 2.49. The van der Waals surface area contributed by atoms with E-state index >= 15 is 0 Å². The molecule has 2 fully saturated rings. The van der Waals surface area contributed by atoms with Crippen molar-refractivity contribution in [2.24, 2.45) is 5.92 Å². The highest BCUT2D eigenvalue weighted by Crippen LogP contribution is 2.39. The Morgan fingerprint density at radius 1 is 0.917 bits per heavy atom. The van der Waals surface area contributed by atoms with Gasteiger partial charge in [0.25, 0.3) is 0 Å². The molecular formula is C14H26O9S. The average molecular weight is 370 g/mol. The lowest BCUT2D eigenvalue weighted by Crippen LogP contribution is -2.60. The topological polar surface area (TPSA) is 160 Å². The van der Waals surface area contributed by atoms with Crippen LogP contribution in [-0.2, 0) is 9.47 Å². The number of thioether (sulfide) groups is 1. The van der Waals surface area contributed by atoms with Crippen molar-refractivity contribution in [3.05, 3.63) is 0 Å². The summed E-state index contributed by atoms with van der Waals surface area (Å²) in [4.78, 5) is 0. The molecular weight excluding hydrogens is 344 g/mol. The van der Waals surface area contributed by atoms with Crippen molar-refractivity contribution in [2.45, 2.75) is 59.8 Å². The van der Waals surface area contributed by atoms with Crippen molar-refractivity contribution >= 4 is 11.8 Å². The van der Waals surface area contributed by atoms with E-state index in [2.05, 4.69) is 0 Å². The molecule has 10 heteroatoms. The molecule has 1 aliphatic carbocycles. The van der Waals surface area contributed by atoms with Gasteiger partial charge in [0.05, 0.1) is 30.2 Å². The zero-order valence-corrected chi connectivity index (χ0v) is 14.1. The van der Waals surface area contributed by atoms with Gasteiger partial charge < -0.3 is 45.2 Å². The third-order valence-electron chi connectivity index (χ3n) is 4.72. The van der Waals surface area contributed by atoms with Gasteiger partial charge in [-0.25, -0.2) is 0 Å². The monoisotopic (exact) mass is 370 g/mol. The maximum absolute atomic E-state index is 10.3. The molecule has 1 saturated carbocycles. The Bertz CT molecular complexity index is 382. The zero-order chi connectivity index (χ0) is 18.0. The van der Waals surface area contributed by atoms with Gasteiger partial charge in [0.2, 0.25) is 0 Å². The normalized spacial score (nSPS) is 50.0. The van der Waals surface area contributed by atoms with Crippen LogP contribution in [0.15, 0.2) is 0 Å². The van der Waals surface area contributed by atoms with Crippen LogP contribution in [0, 0.1) is 5.92 Å². The van der Waals surface area contributed by atoms with Crippen LogP contribution in [-0.4, -0.2) is 109 Å². The van der Waals surface area contributed by atoms with Crippen LogP contribution in [0.5, 0.6) is 0 Å². The van der Waals surface area contributed by atoms with E-state index in [-0.39, 0.29) is 13.0 Å². The summed E-state index contributed by atoms with van der Waals surface area (Å²) >= 11 is 1.03. The molecule has 9 nitrogen and oxygen atoms in total. The first-order chi connectivity index (χ1) is 11.3. The molecule has 1 saturated heterocycles. The second-order valence-corrected chi connectivity index (χ2v) is 7.65. The third-order valence-corrected chi connectivity index (χ3v) is 6.41. The SMILES string of the molecule is CO[C@H]1O[C@H](CO)[C@@H](O)[C@H](S[C@H]2C[C@H](CO)[C@@H](O)[C@H](O)[C@H]2O)[C@@H]1O. The average Bonchev–Trinajstić information content (AvgIpc) is 2.58. The number of aliphatic hydroxyl groups excluding tert-OH is 7. The summed E-state index contributed by atoms with van der Waals surface area (Å²) in [5.41, 5.74) is 0. The van der Waals surface area contributed by atoms with Gasteiger partial charge in [0.15, 0.2) is 6.29 Å². The summed E-state index contributed by atoms with van der Waals surface area (Å²) in [5, 5.41) is 67.7. The molecule has 0 amide bonds. The van der Waals surface area contributed by atoms with E-state index < -0.39 is 65.9 Å². The van der Waals surface area contributed by atoms with Crippen LogP contribution in [0.3, 0.4) is 0 Å². The molecule has 0 spiro atoms. The Balaban J connectivity index is 2.14. The minimum Gasteiger partial charge on any atom is -0.396 e. The minimum absolute atomic E-state index is 0.193. The van der Waals surface area contributed by atoms with Gasteiger partial charge in [-0.3, -0.25) is 0 Å². The lowest BCUT2D eigenvalue weighted by molar-refractivity contribution is -0.258. The molecule has 2 aliphatic rings. The first-order valence-corrected chi connectivity index (χ1v) is 8.75. The summed E-state index contributed by atoms with van der Waals surface area (Å²) in [6.45, 7) is -0.834. The largest absolute Gasteiger partial charge is 0.396 e. The fourth-order valence-corrected chi connectivity index (χ4v) is 4.92. The van der Waals surface area contributed by atoms with Gasteiger partial charge in [-0.1, -0.05) is 0 Å². The maximum atomic E-state index is 10.3. The molecule has 0 unspecified atom stereocenters. The summed E-state index contributed by atoms with van der Waals surface area (Å²) in [6, 6.07) is 0. The molecule has 142 valence electrons. The Hall–Kier alpha value is -0.0100. The third kappa shape index (κ3) is 3.88. The van der Waals surface area contributed by atoms with Crippen molar-refractivity contribution in [3.8, 4) is 0 Å². The van der Waals surface area contributed by atoms with E-state index in [4.69, 9.17) is 9.47 Å². The first-order valence-electron chi connectivity index (χ1n) is 7.81. The number of ether oxygens (including phenoxy) is 2.